The van der Waals surface area contributed by atoms with Gasteiger partial charge in [-0.1, -0.05) is 23.5 Å². The van der Waals surface area contributed by atoms with Crippen LogP contribution < -0.4 is 16.8 Å². The number of hydrogen-bond acceptors (Lipinski definition) is 7. The third kappa shape index (κ3) is 4.77. The quantitative estimate of drug-likeness (QED) is 0.554. The van der Waals surface area contributed by atoms with E-state index in [2.05, 4.69) is 10.3 Å². The van der Waals surface area contributed by atoms with E-state index in [9.17, 15) is 14.4 Å². The molecule has 3 aromatic rings. The van der Waals surface area contributed by atoms with Crippen LogP contribution >= 0.6 is 23.1 Å². The fraction of sp³-hybridized carbons (Fsp3) is 0.294. The van der Waals surface area contributed by atoms with E-state index >= 15 is 0 Å². The zero-order chi connectivity index (χ0) is 19.4. The van der Waals surface area contributed by atoms with E-state index in [1.165, 1.54) is 27.7 Å². The molecule has 3 rings (SSSR count). The van der Waals surface area contributed by atoms with E-state index in [4.69, 9.17) is 10.2 Å². The Kier molecular flexibility index (Phi) is 5.97. The van der Waals surface area contributed by atoms with Gasteiger partial charge < -0.3 is 15.5 Å². The van der Waals surface area contributed by atoms with Crippen LogP contribution in [-0.4, -0.2) is 27.1 Å². The van der Waals surface area contributed by atoms with Crippen LogP contribution in [0.1, 0.15) is 18.5 Å². The Labute approximate surface area is 162 Å². The lowest BCUT2D eigenvalue weighted by atomic mass is 10.3. The summed E-state index contributed by atoms with van der Waals surface area (Å²) in [5.41, 5.74) is 7.14. The summed E-state index contributed by atoms with van der Waals surface area (Å²) < 4.78 is 7.54. The highest BCUT2D eigenvalue weighted by atomic mass is 32.2. The number of anilines is 1. The topological polar surface area (TPSA) is 120 Å². The lowest BCUT2D eigenvalue weighted by molar-refractivity contribution is -0.116. The SMILES string of the molecule is Cc1nc(NC(=O)CCCn2c(=O)oc3ccccc32)sc1SCC(N)=O. The lowest BCUT2D eigenvalue weighted by Crippen LogP contribution is -2.17. The summed E-state index contributed by atoms with van der Waals surface area (Å²) in [7, 11) is 0. The van der Waals surface area contributed by atoms with Crippen molar-refractivity contribution in [2.75, 3.05) is 11.1 Å². The number of nitrogens with zero attached hydrogens (tertiary/aromatic N) is 2. The molecule has 0 radical (unpaired) electrons. The second kappa shape index (κ2) is 8.40. The van der Waals surface area contributed by atoms with Crippen molar-refractivity contribution in [3.05, 3.63) is 40.5 Å². The lowest BCUT2D eigenvalue weighted by Gasteiger charge is -2.03. The molecular formula is C17H18N4O4S2. The average Bonchev–Trinajstić information content (AvgIpc) is 3.12. The Morgan fingerprint density at radius 1 is 1.37 bits per heavy atom. The van der Waals surface area contributed by atoms with Gasteiger partial charge in [-0.15, -0.1) is 11.8 Å². The van der Waals surface area contributed by atoms with Crippen molar-refractivity contribution in [1.82, 2.24) is 9.55 Å². The van der Waals surface area contributed by atoms with Crippen molar-refractivity contribution in [3.8, 4) is 0 Å². The normalized spacial score (nSPS) is 11.0. The van der Waals surface area contributed by atoms with Gasteiger partial charge in [-0.05, 0) is 25.5 Å². The van der Waals surface area contributed by atoms with Crippen LogP contribution in [0.25, 0.3) is 11.1 Å². The van der Waals surface area contributed by atoms with Crippen LogP contribution in [0.4, 0.5) is 5.13 Å². The molecule has 2 amide bonds. The standard InChI is InChI=1S/C17H18N4O4S2/c1-10-15(26-9-13(18)22)27-16(19-10)20-14(23)7-4-8-21-11-5-2-3-6-12(11)25-17(21)24/h2-3,5-6H,4,7-9H2,1H3,(H2,18,22)(H,19,20,23). The fourth-order valence-electron chi connectivity index (χ4n) is 2.51. The van der Waals surface area contributed by atoms with Gasteiger partial charge in [0, 0.05) is 13.0 Å². The van der Waals surface area contributed by atoms with Gasteiger partial charge in [0.15, 0.2) is 10.7 Å². The molecule has 2 heterocycles. The number of rotatable bonds is 8. The summed E-state index contributed by atoms with van der Waals surface area (Å²) in [6.07, 6.45) is 0.733. The molecule has 0 saturated carbocycles. The first kappa shape index (κ1) is 19.2. The summed E-state index contributed by atoms with van der Waals surface area (Å²) in [6, 6.07) is 7.18. The number of carbonyl (C=O) groups excluding carboxylic acids is 2. The molecule has 1 aromatic carbocycles. The fourth-order valence-corrected chi connectivity index (χ4v) is 4.41. The highest BCUT2D eigenvalue weighted by Crippen LogP contribution is 2.31. The van der Waals surface area contributed by atoms with Gasteiger partial charge in [0.05, 0.1) is 21.2 Å². The summed E-state index contributed by atoms with van der Waals surface area (Å²) in [4.78, 5) is 39.2. The molecular weight excluding hydrogens is 388 g/mol. The van der Waals surface area contributed by atoms with E-state index in [1.807, 2.05) is 19.1 Å². The van der Waals surface area contributed by atoms with Crippen LogP contribution in [0, 0.1) is 6.92 Å². The van der Waals surface area contributed by atoms with Crippen molar-refractivity contribution in [3.63, 3.8) is 0 Å². The molecule has 10 heteroatoms. The minimum Gasteiger partial charge on any atom is -0.408 e. The van der Waals surface area contributed by atoms with Crippen LogP contribution in [0.15, 0.2) is 37.7 Å². The molecule has 0 spiro atoms. The number of para-hydroxylation sites is 2. The Morgan fingerprint density at radius 2 is 2.15 bits per heavy atom. The minimum atomic E-state index is -0.428. The molecule has 0 aliphatic carbocycles. The zero-order valence-corrected chi connectivity index (χ0v) is 16.2. The molecule has 0 bridgehead atoms. The van der Waals surface area contributed by atoms with Crippen molar-refractivity contribution in [1.29, 1.82) is 0 Å². The second-order valence-electron chi connectivity index (χ2n) is 5.79. The van der Waals surface area contributed by atoms with Crippen molar-refractivity contribution >= 4 is 51.1 Å². The molecule has 142 valence electrons. The van der Waals surface area contributed by atoms with Gasteiger partial charge >= 0.3 is 5.76 Å². The number of carbonyl (C=O) groups is 2. The van der Waals surface area contributed by atoms with Crippen molar-refractivity contribution in [2.24, 2.45) is 5.73 Å². The molecule has 8 nitrogen and oxygen atoms in total. The smallest absolute Gasteiger partial charge is 0.408 e. The number of nitrogens with one attached hydrogen (secondary N) is 1. The maximum absolute atomic E-state index is 12.1. The number of thioether (sulfide) groups is 1. The molecule has 0 fully saturated rings. The maximum atomic E-state index is 12.1. The van der Waals surface area contributed by atoms with Gasteiger partial charge in [-0.2, -0.15) is 0 Å². The number of benzene rings is 1. The number of hydrogen-bond donors (Lipinski definition) is 2. The molecule has 0 saturated heterocycles. The summed E-state index contributed by atoms with van der Waals surface area (Å²) >= 11 is 2.61. The van der Waals surface area contributed by atoms with Crippen LogP contribution in [0.2, 0.25) is 0 Å². The molecule has 0 unspecified atom stereocenters. The minimum absolute atomic E-state index is 0.170. The number of nitrogens with two attached hydrogens (primary N) is 1. The van der Waals surface area contributed by atoms with Crippen LogP contribution in [0.3, 0.4) is 0 Å². The van der Waals surface area contributed by atoms with E-state index in [0.29, 0.717) is 23.7 Å². The zero-order valence-electron chi connectivity index (χ0n) is 14.6. The highest BCUT2D eigenvalue weighted by molar-refractivity contribution is 8.01. The molecule has 3 N–H and O–H groups in total. The Balaban J connectivity index is 1.54. The predicted molar refractivity (Wildman–Crippen MR) is 105 cm³/mol. The van der Waals surface area contributed by atoms with Gasteiger partial charge in [0.25, 0.3) is 0 Å². The Morgan fingerprint density at radius 3 is 2.93 bits per heavy atom. The van der Waals surface area contributed by atoms with Crippen molar-refractivity contribution in [2.45, 2.75) is 30.5 Å². The van der Waals surface area contributed by atoms with Crippen LogP contribution in [0.5, 0.6) is 0 Å². The predicted octanol–water partition coefficient (Wildman–Crippen LogP) is 2.36. The van der Waals surface area contributed by atoms with E-state index < -0.39 is 11.7 Å². The first-order valence-electron chi connectivity index (χ1n) is 8.21. The number of aryl methyl sites for hydroxylation is 2. The van der Waals surface area contributed by atoms with Gasteiger partial charge in [-0.25, -0.2) is 9.78 Å². The number of fused-ring (bicyclic) bond motifs is 1. The Bertz CT molecular complexity index is 1040. The first-order chi connectivity index (χ1) is 12.9. The monoisotopic (exact) mass is 406 g/mol. The van der Waals surface area contributed by atoms with Crippen molar-refractivity contribution < 1.29 is 14.0 Å². The number of oxazole rings is 1. The highest BCUT2D eigenvalue weighted by Gasteiger charge is 2.13. The van der Waals surface area contributed by atoms with Gasteiger partial charge in [0.1, 0.15) is 0 Å². The first-order valence-corrected chi connectivity index (χ1v) is 10.0. The van der Waals surface area contributed by atoms with E-state index in [0.717, 1.165) is 15.4 Å². The summed E-state index contributed by atoms with van der Waals surface area (Å²) in [5.74, 6) is -0.844. The molecule has 27 heavy (non-hydrogen) atoms. The summed E-state index contributed by atoms with van der Waals surface area (Å²) in [5, 5.41) is 3.23. The Hall–Kier alpha value is -2.59. The average molecular weight is 406 g/mol. The number of primary amides is 1. The maximum Gasteiger partial charge on any atom is 0.419 e. The van der Waals surface area contributed by atoms with E-state index in [-0.39, 0.29) is 18.1 Å². The van der Waals surface area contributed by atoms with E-state index in [1.54, 1.807) is 12.1 Å². The molecule has 2 aromatic heterocycles. The molecule has 0 aliphatic heterocycles. The van der Waals surface area contributed by atoms with Gasteiger partial charge in [-0.3, -0.25) is 14.2 Å². The number of aromatic nitrogens is 2. The molecule has 0 atom stereocenters. The number of thiazole rings is 1. The van der Waals surface area contributed by atoms with Crippen LogP contribution in [-0.2, 0) is 16.1 Å². The third-order valence-electron chi connectivity index (χ3n) is 3.71. The second-order valence-corrected chi connectivity index (χ2v) is 8.03. The number of amides is 2. The third-order valence-corrected chi connectivity index (χ3v) is 6.16. The largest absolute Gasteiger partial charge is 0.419 e. The summed E-state index contributed by atoms with van der Waals surface area (Å²) in [6.45, 7) is 2.20. The van der Waals surface area contributed by atoms with Gasteiger partial charge in [0.2, 0.25) is 11.8 Å². The molecule has 0 aliphatic rings.